The molecule has 2 amide bonds. The second kappa shape index (κ2) is 10.4. The van der Waals surface area contributed by atoms with E-state index in [1.807, 2.05) is 0 Å². The molecule has 0 unspecified atom stereocenters. The number of piperazine rings is 1. The third-order valence-electron chi connectivity index (χ3n) is 5.38. The van der Waals surface area contributed by atoms with Gasteiger partial charge in [-0.05, 0) is 23.8 Å². The lowest BCUT2D eigenvalue weighted by Crippen LogP contribution is -2.52. The number of anilines is 1. The van der Waals surface area contributed by atoms with E-state index < -0.39 is 29.7 Å². The van der Waals surface area contributed by atoms with Crippen molar-refractivity contribution in [2.75, 3.05) is 31.1 Å². The van der Waals surface area contributed by atoms with Gasteiger partial charge in [-0.1, -0.05) is 36.4 Å². The van der Waals surface area contributed by atoms with Gasteiger partial charge in [-0.3, -0.25) is 14.4 Å². The van der Waals surface area contributed by atoms with E-state index in [4.69, 9.17) is 5.11 Å². The number of halogens is 3. The fraction of sp³-hybridized carbons (Fsp3) is 0.348. The molecule has 0 aromatic heterocycles. The smallest absolute Gasteiger partial charge is 0.416 e. The van der Waals surface area contributed by atoms with Crippen LogP contribution >= 0.6 is 0 Å². The molecule has 2 aromatic carbocycles. The summed E-state index contributed by atoms with van der Waals surface area (Å²) in [6, 6.07) is 12.7. The molecule has 1 atom stereocenters. The number of carbonyl (C=O) groups is 3. The minimum atomic E-state index is -4.43. The highest BCUT2D eigenvalue weighted by Crippen LogP contribution is 2.32. The van der Waals surface area contributed by atoms with Gasteiger partial charge in [-0.2, -0.15) is 13.2 Å². The lowest BCUT2D eigenvalue weighted by molar-refractivity contribution is -0.139. The Morgan fingerprint density at radius 2 is 1.61 bits per heavy atom. The van der Waals surface area contributed by atoms with Crippen LogP contribution < -0.4 is 10.2 Å². The summed E-state index contributed by atoms with van der Waals surface area (Å²) in [4.78, 5) is 39.5. The minimum Gasteiger partial charge on any atom is -0.481 e. The topological polar surface area (TPSA) is 89.9 Å². The lowest BCUT2D eigenvalue weighted by Gasteiger charge is -2.38. The van der Waals surface area contributed by atoms with Gasteiger partial charge < -0.3 is 20.2 Å². The van der Waals surface area contributed by atoms with Crippen LogP contribution in [0.1, 0.15) is 30.0 Å². The van der Waals surface area contributed by atoms with Gasteiger partial charge in [0.05, 0.1) is 12.0 Å². The number of hydrogen-bond acceptors (Lipinski definition) is 4. The predicted molar refractivity (Wildman–Crippen MR) is 114 cm³/mol. The second-order valence-corrected chi connectivity index (χ2v) is 7.67. The summed E-state index contributed by atoms with van der Waals surface area (Å²) in [7, 11) is 0. The number of carboxylic acids is 1. The van der Waals surface area contributed by atoms with Gasteiger partial charge in [0.2, 0.25) is 11.8 Å². The molecule has 0 spiro atoms. The Labute approximate surface area is 188 Å². The van der Waals surface area contributed by atoms with Crippen LogP contribution in [0.5, 0.6) is 0 Å². The van der Waals surface area contributed by atoms with Crippen molar-refractivity contribution in [2.24, 2.45) is 0 Å². The molecule has 1 heterocycles. The zero-order valence-electron chi connectivity index (χ0n) is 17.7. The average molecular weight is 463 g/mol. The van der Waals surface area contributed by atoms with Crippen molar-refractivity contribution in [3.05, 3.63) is 65.7 Å². The Kier molecular flexibility index (Phi) is 7.57. The molecule has 7 nitrogen and oxygen atoms in total. The third-order valence-corrected chi connectivity index (χ3v) is 5.38. The number of carbonyl (C=O) groups excluding carboxylic acids is 2. The Morgan fingerprint density at radius 1 is 0.939 bits per heavy atom. The number of nitrogens with one attached hydrogen (secondary N) is 1. The van der Waals surface area contributed by atoms with Crippen molar-refractivity contribution in [3.8, 4) is 0 Å². The predicted octanol–water partition coefficient (Wildman–Crippen LogP) is 3.08. The van der Waals surface area contributed by atoms with E-state index in [1.54, 1.807) is 46.2 Å². The molecule has 1 saturated heterocycles. The van der Waals surface area contributed by atoms with E-state index in [9.17, 15) is 27.6 Å². The molecule has 176 valence electrons. The maximum Gasteiger partial charge on any atom is 0.416 e. The summed E-state index contributed by atoms with van der Waals surface area (Å²) in [6.45, 7) is 1.20. The Hall–Kier alpha value is -3.56. The average Bonchev–Trinajstić information content (AvgIpc) is 2.81. The largest absolute Gasteiger partial charge is 0.481 e. The number of carboxylic acid groups (broad SMARTS) is 1. The van der Waals surface area contributed by atoms with Crippen molar-refractivity contribution in [1.29, 1.82) is 0 Å². The summed E-state index contributed by atoms with van der Waals surface area (Å²) < 4.78 is 39.1. The number of alkyl halides is 3. The standard InChI is InChI=1S/C23H24F3N3O4/c24-23(25,26)17-7-4-8-18(15-17)28-11-13-29(14-12-28)22(33)21(16-5-2-1-3-6-16)27-19(30)9-10-20(31)32/h1-8,15,21H,9-14H2,(H,27,30)(H,31,32)/t21-/m1/s1. The molecule has 10 heteroatoms. The van der Waals surface area contributed by atoms with Gasteiger partial charge in [0.25, 0.3) is 0 Å². The summed E-state index contributed by atoms with van der Waals surface area (Å²) in [6.07, 6.45) is -5.04. The molecular formula is C23H24F3N3O4. The van der Waals surface area contributed by atoms with Crippen molar-refractivity contribution in [2.45, 2.75) is 25.1 Å². The van der Waals surface area contributed by atoms with E-state index in [1.165, 1.54) is 6.07 Å². The van der Waals surface area contributed by atoms with Crippen LogP contribution in [-0.2, 0) is 20.6 Å². The van der Waals surface area contributed by atoms with Gasteiger partial charge in [0.1, 0.15) is 6.04 Å². The molecule has 1 aliphatic heterocycles. The molecule has 2 N–H and O–H groups in total. The molecule has 0 saturated carbocycles. The first-order chi connectivity index (χ1) is 15.6. The molecule has 33 heavy (non-hydrogen) atoms. The monoisotopic (exact) mass is 463 g/mol. The van der Waals surface area contributed by atoms with Crippen LogP contribution in [0.3, 0.4) is 0 Å². The summed E-state index contributed by atoms with van der Waals surface area (Å²) in [5.41, 5.74) is 0.261. The van der Waals surface area contributed by atoms with E-state index in [0.717, 1.165) is 12.1 Å². The number of aliphatic carboxylic acids is 1. The van der Waals surface area contributed by atoms with Crippen LogP contribution in [0.25, 0.3) is 0 Å². The van der Waals surface area contributed by atoms with Crippen LogP contribution in [0, 0.1) is 0 Å². The quantitative estimate of drug-likeness (QED) is 0.659. The Balaban J connectivity index is 1.68. The first-order valence-corrected chi connectivity index (χ1v) is 10.4. The van der Waals surface area contributed by atoms with Gasteiger partial charge in [-0.15, -0.1) is 0 Å². The zero-order valence-corrected chi connectivity index (χ0v) is 17.7. The molecule has 2 aromatic rings. The number of rotatable bonds is 7. The summed E-state index contributed by atoms with van der Waals surface area (Å²) in [5.74, 6) is -2.02. The number of hydrogen-bond donors (Lipinski definition) is 2. The second-order valence-electron chi connectivity index (χ2n) is 7.67. The van der Waals surface area contributed by atoms with Crippen molar-refractivity contribution in [1.82, 2.24) is 10.2 Å². The SMILES string of the molecule is O=C(O)CCC(=O)N[C@@H](C(=O)N1CCN(c2cccc(C(F)(F)F)c2)CC1)c1ccccc1. The highest BCUT2D eigenvalue weighted by atomic mass is 19.4. The first kappa shape index (κ1) is 24.1. The maximum atomic E-state index is 13.2. The normalized spacial score (nSPS) is 15.1. The first-order valence-electron chi connectivity index (χ1n) is 10.4. The molecule has 0 radical (unpaired) electrons. The third kappa shape index (κ3) is 6.47. The summed E-state index contributed by atoms with van der Waals surface area (Å²) >= 11 is 0. The van der Waals surface area contributed by atoms with Crippen molar-refractivity contribution >= 4 is 23.5 Å². The van der Waals surface area contributed by atoms with Gasteiger partial charge in [0, 0.05) is 38.3 Å². The van der Waals surface area contributed by atoms with Gasteiger partial charge >= 0.3 is 12.1 Å². The van der Waals surface area contributed by atoms with E-state index in [0.29, 0.717) is 24.3 Å². The van der Waals surface area contributed by atoms with Gasteiger partial charge in [-0.25, -0.2) is 0 Å². The fourth-order valence-electron chi connectivity index (χ4n) is 3.63. The van der Waals surface area contributed by atoms with E-state index >= 15 is 0 Å². The highest BCUT2D eigenvalue weighted by Gasteiger charge is 2.32. The lowest BCUT2D eigenvalue weighted by atomic mass is 10.0. The zero-order chi connectivity index (χ0) is 24.0. The van der Waals surface area contributed by atoms with Gasteiger partial charge in [0.15, 0.2) is 0 Å². The highest BCUT2D eigenvalue weighted by molar-refractivity contribution is 5.89. The van der Waals surface area contributed by atoms with Crippen LogP contribution in [0.15, 0.2) is 54.6 Å². The van der Waals surface area contributed by atoms with Crippen LogP contribution in [0.4, 0.5) is 18.9 Å². The number of nitrogens with zero attached hydrogens (tertiary/aromatic N) is 2. The maximum absolute atomic E-state index is 13.2. The van der Waals surface area contributed by atoms with Crippen LogP contribution in [-0.4, -0.2) is 54.0 Å². The van der Waals surface area contributed by atoms with Crippen molar-refractivity contribution in [3.63, 3.8) is 0 Å². The summed E-state index contributed by atoms with van der Waals surface area (Å²) in [5, 5.41) is 11.4. The minimum absolute atomic E-state index is 0.255. The fourth-order valence-corrected chi connectivity index (χ4v) is 3.63. The van der Waals surface area contributed by atoms with Crippen LogP contribution in [0.2, 0.25) is 0 Å². The number of benzene rings is 2. The molecule has 3 rings (SSSR count). The molecule has 0 aliphatic carbocycles. The van der Waals surface area contributed by atoms with E-state index in [-0.39, 0.29) is 31.8 Å². The molecule has 0 bridgehead atoms. The Morgan fingerprint density at radius 3 is 2.21 bits per heavy atom. The Bertz CT molecular complexity index is 990. The van der Waals surface area contributed by atoms with Crippen molar-refractivity contribution < 1.29 is 32.7 Å². The molecule has 1 aliphatic rings. The number of amides is 2. The van der Waals surface area contributed by atoms with E-state index in [2.05, 4.69) is 5.32 Å². The molecular weight excluding hydrogens is 439 g/mol. The molecule has 1 fully saturated rings.